The zero-order chi connectivity index (χ0) is 15.3. The molecule has 0 saturated carbocycles. The van der Waals surface area contributed by atoms with Crippen LogP contribution in [0, 0.1) is 0 Å². The highest BCUT2D eigenvalue weighted by atomic mass is 79.9. The van der Waals surface area contributed by atoms with E-state index in [9.17, 15) is 9.59 Å². The van der Waals surface area contributed by atoms with E-state index in [1.165, 1.54) is 4.90 Å². The Morgan fingerprint density at radius 1 is 1.25 bits per heavy atom. The van der Waals surface area contributed by atoms with Crippen LogP contribution in [0.1, 0.15) is 6.92 Å². The Hall–Kier alpha value is -1.40. The van der Waals surface area contributed by atoms with E-state index in [1.807, 2.05) is 24.3 Å². The van der Waals surface area contributed by atoms with Crippen LogP contribution in [-0.4, -0.2) is 55.3 Å². The standard InChI is InChI=1S/C14H20BrN3O2/c1-10(14(20)17(2)3)18(4)9-13(19)16-12-8-6-5-7-11(12)15/h5-8,10H,9H2,1-4H3,(H,16,19)/t10-/m1/s1. The molecule has 0 fully saturated rings. The molecule has 2 amide bonds. The number of para-hydroxylation sites is 1. The highest BCUT2D eigenvalue weighted by Gasteiger charge is 2.21. The van der Waals surface area contributed by atoms with Crippen LogP contribution in [0.2, 0.25) is 0 Å². The molecule has 0 aromatic heterocycles. The molecule has 1 N–H and O–H groups in total. The van der Waals surface area contributed by atoms with Crippen molar-refractivity contribution in [2.75, 3.05) is 33.0 Å². The average Bonchev–Trinajstić information content (AvgIpc) is 2.39. The summed E-state index contributed by atoms with van der Waals surface area (Å²) in [4.78, 5) is 27.0. The number of likely N-dealkylation sites (N-methyl/N-ethyl adjacent to an activating group) is 2. The summed E-state index contributed by atoms with van der Waals surface area (Å²) in [6.45, 7) is 1.94. The van der Waals surface area contributed by atoms with Crippen molar-refractivity contribution in [2.24, 2.45) is 0 Å². The minimum absolute atomic E-state index is 0.0267. The van der Waals surface area contributed by atoms with Gasteiger partial charge in [0.1, 0.15) is 0 Å². The maximum atomic E-state index is 12.0. The Morgan fingerprint density at radius 2 is 1.85 bits per heavy atom. The third-order valence-corrected chi connectivity index (χ3v) is 3.69. The van der Waals surface area contributed by atoms with E-state index < -0.39 is 0 Å². The summed E-state index contributed by atoms with van der Waals surface area (Å²) >= 11 is 3.37. The molecule has 0 unspecified atom stereocenters. The third-order valence-electron chi connectivity index (χ3n) is 3.00. The SMILES string of the molecule is C[C@H](C(=O)N(C)C)N(C)CC(=O)Nc1ccccc1Br. The van der Waals surface area contributed by atoms with E-state index in [1.54, 1.807) is 33.0 Å². The number of anilines is 1. The molecule has 1 aromatic carbocycles. The summed E-state index contributed by atoms with van der Waals surface area (Å²) in [6.07, 6.45) is 0. The van der Waals surface area contributed by atoms with Gasteiger partial charge in [-0.15, -0.1) is 0 Å². The number of rotatable bonds is 5. The van der Waals surface area contributed by atoms with E-state index >= 15 is 0 Å². The Kier molecular flexibility index (Phi) is 6.16. The lowest BCUT2D eigenvalue weighted by molar-refractivity contribution is -0.133. The number of carbonyl (C=O) groups is 2. The highest BCUT2D eigenvalue weighted by molar-refractivity contribution is 9.10. The predicted molar refractivity (Wildman–Crippen MR) is 83.6 cm³/mol. The molecule has 0 aliphatic carbocycles. The van der Waals surface area contributed by atoms with Gasteiger partial charge in [-0.1, -0.05) is 12.1 Å². The first-order valence-corrected chi connectivity index (χ1v) is 7.08. The van der Waals surface area contributed by atoms with Gasteiger partial charge in [-0.05, 0) is 42.0 Å². The molecule has 110 valence electrons. The minimum atomic E-state index is -0.338. The fourth-order valence-electron chi connectivity index (χ4n) is 1.68. The van der Waals surface area contributed by atoms with Gasteiger partial charge < -0.3 is 10.2 Å². The molecule has 0 aliphatic rings. The minimum Gasteiger partial charge on any atom is -0.347 e. The van der Waals surface area contributed by atoms with Gasteiger partial charge >= 0.3 is 0 Å². The van der Waals surface area contributed by atoms with Gasteiger partial charge in [0, 0.05) is 18.6 Å². The quantitative estimate of drug-likeness (QED) is 0.888. The van der Waals surface area contributed by atoms with Crippen LogP contribution in [0.5, 0.6) is 0 Å². The van der Waals surface area contributed by atoms with E-state index in [0.717, 1.165) is 10.2 Å². The smallest absolute Gasteiger partial charge is 0.239 e. The molecular formula is C14H20BrN3O2. The molecule has 5 nitrogen and oxygen atoms in total. The van der Waals surface area contributed by atoms with E-state index in [4.69, 9.17) is 0 Å². The molecule has 1 rings (SSSR count). The van der Waals surface area contributed by atoms with E-state index in [-0.39, 0.29) is 24.4 Å². The molecule has 0 heterocycles. The van der Waals surface area contributed by atoms with Gasteiger partial charge in [-0.25, -0.2) is 0 Å². The molecule has 6 heteroatoms. The normalized spacial score (nSPS) is 12.1. The first-order chi connectivity index (χ1) is 9.32. The van der Waals surface area contributed by atoms with Crippen LogP contribution >= 0.6 is 15.9 Å². The number of carbonyl (C=O) groups excluding carboxylic acids is 2. The van der Waals surface area contributed by atoms with Crippen molar-refractivity contribution in [3.05, 3.63) is 28.7 Å². The first kappa shape index (κ1) is 16.7. The summed E-state index contributed by atoms with van der Waals surface area (Å²) in [5.74, 6) is -0.181. The second-order valence-electron chi connectivity index (χ2n) is 4.85. The summed E-state index contributed by atoms with van der Waals surface area (Å²) in [5.41, 5.74) is 0.720. The van der Waals surface area contributed by atoms with E-state index in [2.05, 4.69) is 21.2 Å². The molecule has 0 radical (unpaired) electrons. The van der Waals surface area contributed by atoms with Crippen LogP contribution in [0.15, 0.2) is 28.7 Å². The van der Waals surface area contributed by atoms with Crippen molar-refractivity contribution in [3.63, 3.8) is 0 Å². The maximum absolute atomic E-state index is 12.0. The second-order valence-corrected chi connectivity index (χ2v) is 5.71. The van der Waals surface area contributed by atoms with Crippen molar-refractivity contribution in [1.82, 2.24) is 9.80 Å². The van der Waals surface area contributed by atoms with Gasteiger partial charge in [0.05, 0.1) is 18.3 Å². The van der Waals surface area contributed by atoms with Crippen LogP contribution in [0.3, 0.4) is 0 Å². The largest absolute Gasteiger partial charge is 0.347 e. The van der Waals surface area contributed by atoms with Crippen molar-refractivity contribution in [3.8, 4) is 0 Å². The Balaban J connectivity index is 2.58. The molecule has 20 heavy (non-hydrogen) atoms. The maximum Gasteiger partial charge on any atom is 0.239 e. The second kappa shape index (κ2) is 7.40. The van der Waals surface area contributed by atoms with Crippen LogP contribution in [-0.2, 0) is 9.59 Å². The number of halogens is 1. The van der Waals surface area contributed by atoms with Crippen molar-refractivity contribution in [2.45, 2.75) is 13.0 Å². The Labute approximate surface area is 128 Å². The summed E-state index contributed by atoms with van der Waals surface area (Å²) in [5, 5.41) is 2.81. The number of benzene rings is 1. The molecule has 0 saturated heterocycles. The first-order valence-electron chi connectivity index (χ1n) is 6.28. The number of nitrogens with zero attached hydrogens (tertiary/aromatic N) is 2. The molecule has 1 aromatic rings. The molecule has 0 spiro atoms. The molecule has 1 atom stereocenters. The molecule has 0 aliphatic heterocycles. The van der Waals surface area contributed by atoms with Gasteiger partial charge in [0.15, 0.2) is 0 Å². The third kappa shape index (κ3) is 4.61. The van der Waals surface area contributed by atoms with Gasteiger partial charge in [0.2, 0.25) is 11.8 Å². The van der Waals surface area contributed by atoms with Crippen molar-refractivity contribution < 1.29 is 9.59 Å². The van der Waals surface area contributed by atoms with Gasteiger partial charge in [-0.2, -0.15) is 0 Å². The van der Waals surface area contributed by atoms with Crippen molar-refractivity contribution in [1.29, 1.82) is 0 Å². The lowest BCUT2D eigenvalue weighted by Crippen LogP contribution is -2.45. The summed E-state index contributed by atoms with van der Waals surface area (Å²) < 4.78 is 0.827. The predicted octanol–water partition coefficient (Wildman–Crippen LogP) is 1.80. The zero-order valence-electron chi connectivity index (χ0n) is 12.2. The van der Waals surface area contributed by atoms with Gasteiger partial charge in [-0.3, -0.25) is 14.5 Å². The van der Waals surface area contributed by atoms with Crippen LogP contribution in [0.25, 0.3) is 0 Å². The van der Waals surface area contributed by atoms with E-state index in [0.29, 0.717) is 0 Å². The Morgan fingerprint density at radius 3 is 2.40 bits per heavy atom. The number of nitrogens with one attached hydrogen (secondary N) is 1. The van der Waals surface area contributed by atoms with Crippen LogP contribution in [0.4, 0.5) is 5.69 Å². The van der Waals surface area contributed by atoms with Gasteiger partial charge in [0.25, 0.3) is 0 Å². The molecular weight excluding hydrogens is 322 g/mol. The molecule has 0 bridgehead atoms. The zero-order valence-corrected chi connectivity index (χ0v) is 13.8. The fraction of sp³-hybridized carbons (Fsp3) is 0.429. The fourth-order valence-corrected chi connectivity index (χ4v) is 2.06. The van der Waals surface area contributed by atoms with Crippen LogP contribution < -0.4 is 5.32 Å². The number of hydrogen-bond donors (Lipinski definition) is 1. The monoisotopic (exact) mass is 341 g/mol. The number of amides is 2. The highest BCUT2D eigenvalue weighted by Crippen LogP contribution is 2.21. The lowest BCUT2D eigenvalue weighted by atomic mass is 10.2. The average molecular weight is 342 g/mol. The van der Waals surface area contributed by atoms with Crippen molar-refractivity contribution >= 4 is 33.4 Å². The Bertz CT molecular complexity index is 491. The summed E-state index contributed by atoms with van der Waals surface area (Å²) in [7, 11) is 5.16. The topological polar surface area (TPSA) is 52.7 Å². The lowest BCUT2D eigenvalue weighted by Gasteiger charge is -2.25. The summed E-state index contributed by atoms with van der Waals surface area (Å²) in [6, 6.07) is 7.06. The number of hydrogen-bond acceptors (Lipinski definition) is 3.